The van der Waals surface area contributed by atoms with Crippen LogP contribution in [0.3, 0.4) is 0 Å². The molecule has 0 amide bonds. The molecule has 5 heteroatoms. The summed E-state index contributed by atoms with van der Waals surface area (Å²) >= 11 is 0. The molecule has 1 aromatic heterocycles. The second-order valence-electron chi connectivity index (χ2n) is 5.19. The highest BCUT2D eigenvalue weighted by Gasteiger charge is 2.05. The van der Waals surface area contributed by atoms with Gasteiger partial charge in [-0.25, -0.2) is 0 Å². The average Bonchev–Trinajstić information content (AvgIpc) is 2.63. The molecule has 1 atom stereocenters. The van der Waals surface area contributed by atoms with Crippen molar-refractivity contribution in [1.29, 1.82) is 0 Å². The minimum absolute atomic E-state index is 0.338. The monoisotopic (exact) mass is 326 g/mol. The van der Waals surface area contributed by atoms with Gasteiger partial charge in [-0.05, 0) is 37.3 Å². The lowest BCUT2D eigenvalue weighted by Gasteiger charge is -2.09. The maximum Gasteiger partial charge on any atom is 0.138 e. The van der Waals surface area contributed by atoms with Crippen LogP contribution in [0.4, 0.5) is 0 Å². The van der Waals surface area contributed by atoms with Crippen molar-refractivity contribution in [2.75, 3.05) is 13.7 Å². The first-order valence-electron chi connectivity index (χ1n) is 7.68. The molecule has 3 rings (SSSR count). The molecule has 0 spiro atoms. The Balaban J connectivity index is 0.000000368. The summed E-state index contributed by atoms with van der Waals surface area (Å²) in [5.74, 6) is 2.39. The van der Waals surface area contributed by atoms with Crippen LogP contribution in [0.25, 0.3) is 10.9 Å². The number of ether oxygens (including phenoxy) is 2. The number of benzene rings is 2. The molecular formula is C19H22N2O3. The largest absolute Gasteiger partial charge is 0.497 e. The summed E-state index contributed by atoms with van der Waals surface area (Å²) in [7, 11) is 1.64. The van der Waals surface area contributed by atoms with E-state index in [2.05, 4.69) is 4.98 Å². The summed E-state index contributed by atoms with van der Waals surface area (Å²) in [5.41, 5.74) is 5.78. The van der Waals surface area contributed by atoms with Crippen LogP contribution in [0.15, 0.2) is 60.8 Å². The lowest BCUT2D eigenvalue weighted by atomic mass is 10.2. The molecule has 2 aromatic carbocycles. The summed E-state index contributed by atoms with van der Waals surface area (Å²) in [6.45, 7) is 2.01. The molecule has 0 bridgehead atoms. The molecular weight excluding hydrogens is 304 g/mol. The minimum atomic E-state index is -0.338. The van der Waals surface area contributed by atoms with Gasteiger partial charge < -0.3 is 20.3 Å². The third-order valence-electron chi connectivity index (χ3n) is 3.22. The molecule has 5 nitrogen and oxygen atoms in total. The number of nitrogens with zero attached hydrogens (tertiary/aromatic N) is 1. The molecule has 3 aromatic rings. The number of para-hydroxylation sites is 1. The number of fused-ring (bicyclic) bond motifs is 1. The number of hydrogen-bond acceptors (Lipinski definition) is 5. The van der Waals surface area contributed by atoms with E-state index >= 15 is 0 Å². The number of rotatable bonds is 4. The van der Waals surface area contributed by atoms with Crippen LogP contribution in [-0.4, -0.2) is 29.8 Å². The van der Waals surface area contributed by atoms with Crippen molar-refractivity contribution in [2.24, 2.45) is 5.73 Å². The maximum atomic E-state index is 8.24. The van der Waals surface area contributed by atoms with E-state index in [4.69, 9.17) is 20.3 Å². The van der Waals surface area contributed by atoms with Crippen LogP contribution < -0.4 is 15.2 Å². The van der Waals surface area contributed by atoms with Gasteiger partial charge in [-0.2, -0.15) is 0 Å². The molecule has 1 heterocycles. The lowest BCUT2D eigenvalue weighted by Crippen LogP contribution is -2.14. The zero-order valence-corrected chi connectivity index (χ0v) is 13.8. The summed E-state index contributed by atoms with van der Waals surface area (Å²) < 4.78 is 11.1. The van der Waals surface area contributed by atoms with E-state index < -0.39 is 0 Å². The summed E-state index contributed by atoms with van der Waals surface area (Å²) in [6, 6.07) is 17.3. The van der Waals surface area contributed by atoms with E-state index in [0.717, 1.165) is 28.2 Å². The van der Waals surface area contributed by atoms with Gasteiger partial charge in [0.1, 0.15) is 17.2 Å². The maximum absolute atomic E-state index is 8.24. The Kier molecular flexibility index (Phi) is 6.54. The third-order valence-corrected chi connectivity index (χ3v) is 3.22. The molecule has 1 unspecified atom stereocenters. The van der Waals surface area contributed by atoms with Crippen molar-refractivity contribution in [3.8, 4) is 17.2 Å². The summed E-state index contributed by atoms with van der Waals surface area (Å²) in [5, 5.41) is 9.20. The second kappa shape index (κ2) is 8.86. The molecule has 3 N–H and O–H groups in total. The number of methoxy groups -OCH3 is 1. The SMILES string of the molecule is CC(O)CN.COc1ccc2c(Oc3ccccc3)ccnc2c1. The Labute approximate surface area is 141 Å². The van der Waals surface area contributed by atoms with Gasteiger partial charge in [0.2, 0.25) is 0 Å². The zero-order valence-electron chi connectivity index (χ0n) is 13.8. The van der Waals surface area contributed by atoms with Crippen LogP contribution >= 0.6 is 0 Å². The van der Waals surface area contributed by atoms with E-state index in [9.17, 15) is 0 Å². The second-order valence-corrected chi connectivity index (χ2v) is 5.19. The fraction of sp³-hybridized carbons (Fsp3) is 0.211. The first kappa shape index (κ1) is 17.7. The van der Waals surface area contributed by atoms with E-state index in [1.165, 1.54) is 0 Å². The summed E-state index contributed by atoms with van der Waals surface area (Å²) in [4.78, 5) is 4.33. The van der Waals surface area contributed by atoms with Crippen molar-refractivity contribution < 1.29 is 14.6 Å². The topological polar surface area (TPSA) is 77.6 Å². The molecule has 0 aliphatic carbocycles. The van der Waals surface area contributed by atoms with Gasteiger partial charge in [0.15, 0.2) is 0 Å². The van der Waals surface area contributed by atoms with Crippen molar-refractivity contribution in [3.63, 3.8) is 0 Å². The van der Waals surface area contributed by atoms with Crippen molar-refractivity contribution in [2.45, 2.75) is 13.0 Å². The van der Waals surface area contributed by atoms with Crippen molar-refractivity contribution >= 4 is 10.9 Å². The predicted octanol–water partition coefficient (Wildman–Crippen LogP) is 3.36. The number of aliphatic hydroxyl groups excluding tert-OH is 1. The fourth-order valence-electron chi connectivity index (χ4n) is 1.93. The normalized spacial score (nSPS) is 11.3. The van der Waals surface area contributed by atoms with Gasteiger partial charge in [-0.1, -0.05) is 18.2 Å². The average molecular weight is 326 g/mol. The third kappa shape index (κ3) is 4.94. The Bertz CT molecular complexity index is 761. The Morgan fingerprint density at radius 1 is 1.08 bits per heavy atom. The predicted molar refractivity (Wildman–Crippen MR) is 95.5 cm³/mol. The van der Waals surface area contributed by atoms with Crippen molar-refractivity contribution in [3.05, 3.63) is 60.8 Å². The van der Waals surface area contributed by atoms with Gasteiger partial charge in [-0.3, -0.25) is 4.98 Å². The number of hydrogen-bond donors (Lipinski definition) is 2. The Hall–Kier alpha value is -2.63. The van der Waals surface area contributed by atoms with Crippen LogP contribution in [0, 0.1) is 0 Å². The molecule has 0 fully saturated rings. The standard InChI is InChI=1S/C16H13NO2.C3H9NO/c1-18-13-7-8-14-15(11-13)17-10-9-16(14)19-12-5-3-2-4-6-12;1-3(5)2-4/h2-11H,1H3;3,5H,2,4H2,1H3. The number of aliphatic hydroxyl groups is 1. The fourth-order valence-corrected chi connectivity index (χ4v) is 1.93. The highest BCUT2D eigenvalue weighted by Crippen LogP contribution is 2.30. The lowest BCUT2D eigenvalue weighted by molar-refractivity contribution is 0.203. The first-order valence-corrected chi connectivity index (χ1v) is 7.68. The van der Waals surface area contributed by atoms with Crippen LogP contribution in [-0.2, 0) is 0 Å². The van der Waals surface area contributed by atoms with Gasteiger partial charge in [0, 0.05) is 24.2 Å². The zero-order chi connectivity index (χ0) is 17.4. The van der Waals surface area contributed by atoms with E-state index in [-0.39, 0.29) is 6.10 Å². The smallest absolute Gasteiger partial charge is 0.138 e. The highest BCUT2D eigenvalue weighted by atomic mass is 16.5. The Morgan fingerprint density at radius 2 is 1.79 bits per heavy atom. The highest BCUT2D eigenvalue weighted by molar-refractivity contribution is 5.86. The van der Waals surface area contributed by atoms with E-state index in [1.807, 2.05) is 54.6 Å². The number of pyridine rings is 1. The van der Waals surface area contributed by atoms with E-state index in [0.29, 0.717) is 6.54 Å². The van der Waals surface area contributed by atoms with Crippen LogP contribution in [0.2, 0.25) is 0 Å². The van der Waals surface area contributed by atoms with E-state index in [1.54, 1.807) is 20.2 Å². The van der Waals surface area contributed by atoms with Gasteiger partial charge >= 0.3 is 0 Å². The van der Waals surface area contributed by atoms with Gasteiger partial charge in [0.25, 0.3) is 0 Å². The Morgan fingerprint density at radius 3 is 2.42 bits per heavy atom. The van der Waals surface area contributed by atoms with Crippen molar-refractivity contribution in [1.82, 2.24) is 4.98 Å². The molecule has 24 heavy (non-hydrogen) atoms. The number of nitrogens with two attached hydrogens (primary N) is 1. The molecule has 0 aliphatic heterocycles. The van der Waals surface area contributed by atoms with Crippen LogP contribution in [0.5, 0.6) is 17.2 Å². The molecule has 0 saturated carbocycles. The minimum Gasteiger partial charge on any atom is -0.497 e. The molecule has 0 radical (unpaired) electrons. The number of aromatic nitrogens is 1. The summed E-state index contributed by atoms with van der Waals surface area (Å²) in [6.07, 6.45) is 1.40. The molecule has 0 aliphatic rings. The first-order chi connectivity index (χ1) is 11.6. The molecule has 0 saturated heterocycles. The quantitative estimate of drug-likeness (QED) is 0.768. The van der Waals surface area contributed by atoms with Gasteiger partial charge in [-0.15, -0.1) is 0 Å². The van der Waals surface area contributed by atoms with Gasteiger partial charge in [0.05, 0.1) is 18.7 Å². The van der Waals surface area contributed by atoms with Crippen LogP contribution in [0.1, 0.15) is 6.92 Å². The molecule has 126 valence electrons.